The van der Waals surface area contributed by atoms with E-state index in [1.54, 1.807) is 54.9 Å². The van der Waals surface area contributed by atoms with Crippen molar-refractivity contribution >= 4 is 40.7 Å². The maximum atomic E-state index is 13.0. The van der Waals surface area contributed by atoms with Crippen LogP contribution in [0.4, 0.5) is 16.2 Å². The molecule has 0 radical (unpaired) electrons. The van der Waals surface area contributed by atoms with Gasteiger partial charge in [-0.05, 0) is 59.3 Å². The van der Waals surface area contributed by atoms with E-state index in [2.05, 4.69) is 15.6 Å². The molecule has 0 aliphatic carbocycles. The molecule has 0 bridgehead atoms. The number of alkyl carbamates (subject to hydrolysis) is 1. The quantitative estimate of drug-likeness (QED) is 0.216. The lowest BCUT2D eigenvalue weighted by molar-refractivity contribution is -0.145. The Morgan fingerprint density at radius 1 is 1.08 bits per heavy atom. The first kappa shape index (κ1) is 26.4. The van der Waals surface area contributed by atoms with Gasteiger partial charge in [-0.3, -0.25) is 9.78 Å². The second-order valence-corrected chi connectivity index (χ2v) is 9.38. The number of nitrogens with one attached hydrogen (secondary N) is 2. The van der Waals surface area contributed by atoms with Gasteiger partial charge in [-0.1, -0.05) is 37.3 Å². The van der Waals surface area contributed by atoms with Crippen LogP contribution < -0.4 is 16.4 Å². The number of carbonyl (C=O) groups excluding carboxylic acids is 2. The number of ether oxygens (including phenoxy) is 1. The molecule has 10 heteroatoms. The van der Waals surface area contributed by atoms with Crippen LogP contribution in [0.1, 0.15) is 34.8 Å². The van der Waals surface area contributed by atoms with Crippen molar-refractivity contribution in [3.8, 4) is 10.4 Å². The van der Waals surface area contributed by atoms with Crippen molar-refractivity contribution in [2.45, 2.75) is 25.5 Å². The molecule has 0 aliphatic heterocycles. The second kappa shape index (κ2) is 11.6. The van der Waals surface area contributed by atoms with Crippen molar-refractivity contribution in [1.29, 1.82) is 0 Å². The number of thiophene rings is 1. The summed E-state index contributed by atoms with van der Waals surface area (Å²) in [5, 5.41) is 17.3. The Kier molecular flexibility index (Phi) is 8.03. The van der Waals surface area contributed by atoms with E-state index >= 15 is 0 Å². The van der Waals surface area contributed by atoms with Crippen LogP contribution in [0.5, 0.6) is 0 Å². The number of anilines is 2. The summed E-state index contributed by atoms with van der Waals surface area (Å²) in [4.78, 5) is 42.8. The van der Waals surface area contributed by atoms with Gasteiger partial charge in [0.05, 0.1) is 11.4 Å². The third kappa shape index (κ3) is 5.81. The predicted molar refractivity (Wildman–Crippen MR) is 146 cm³/mol. The van der Waals surface area contributed by atoms with Crippen LogP contribution in [0.15, 0.2) is 84.5 Å². The molecule has 4 aromatic rings. The summed E-state index contributed by atoms with van der Waals surface area (Å²) in [6.45, 7) is 1.58. The second-order valence-electron chi connectivity index (χ2n) is 8.44. The zero-order valence-corrected chi connectivity index (χ0v) is 21.3. The summed E-state index contributed by atoms with van der Waals surface area (Å²) < 4.78 is 5.20. The number of nitrogens with two attached hydrogens (primary N) is 1. The average molecular weight is 531 g/mol. The molecule has 2 aromatic carbocycles. The zero-order valence-electron chi connectivity index (χ0n) is 20.5. The van der Waals surface area contributed by atoms with Gasteiger partial charge >= 0.3 is 12.1 Å². The van der Waals surface area contributed by atoms with Crippen LogP contribution in [0.3, 0.4) is 0 Å². The van der Waals surface area contributed by atoms with Gasteiger partial charge in [0.25, 0.3) is 5.91 Å². The Balaban J connectivity index is 1.49. The molecule has 0 saturated heterocycles. The van der Waals surface area contributed by atoms with E-state index in [1.807, 2.05) is 23.6 Å². The fraction of sp³-hybridized carbons (Fsp3) is 0.143. The highest BCUT2D eigenvalue weighted by molar-refractivity contribution is 7.13. The molecule has 38 heavy (non-hydrogen) atoms. The highest BCUT2D eigenvalue weighted by atomic mass is 32.1. The number of carbonyl (C=O) groups is 3. The number of carboxylic acid groups (broad SMARTS) is 1. The number of hydrogen-bond donors (Lipinski definition) is 4. The molecule has 4 rings (SSSR count). The Bertz CT molecular complexity index is 1430. The smallest absolute Gasteiger partial charge is 0.408 e. The molecule has 1 unspecified atom stereocenters. The first-order valence-electron chi connectivity index (χ1n) is 11.7. The fourth-order valence-electron chi connectivity index (χ4n) is 3.90. The van der Waals surface area contributed by atoms with E-state index in [-0.39, 0.29) is 13.0 Å². The largest absolute Gasteiger partial charge is 0.479 e. The van der Waals surface area contributed by atoms with Gasteiger partial charge in [0.1, 0.15) is 6.61 Å². The van der Waals surface area contributed by atoms with Crippen molar-refractivity contribution in [1.82, 2.24) is 10.3 Å². The fourth-order valence-corrected chi connectivity index (χ4v) is 4.62. The number of nitrogen functional groups attached to an aromatic ring is 1. The monoisotopic (exact) mass is 530 g/mol. The standard InChI is InChI=1S/C28H26N4O5S/c1-2-28(26(34)35,32-27(36)37-17-18-5-3-13-30-16-18)21-10-7-19(8-11-21)25(33)31-23-15-20(9-12-22(23)29)24-6-4-14-38-24/h3-16H,2,17,29H2,1H3,(H,31,33)(H,32,36)(H,34,35). The number of rotatable bonds is 9. The van der Waals surface area contributed by atoms with Gasteiger partial charge in [-0.2, -0.15) is 0 Å². The Morgan fingerprint density at radius 3 is 2.50 bits per heavy atom. The normalized spacial score (nSPS) is 12.2. The van der Waals surface area contributed by atoms with Crippen LogP contribution >= 0.6 is 11.3 Å². The van der Waals surface area contributed by atoms with Crippen molar-refractivity contribution in [3.63, 3.8) is 0 Å². The van der Waals surface area contributed by atoms with E-state index in [4.69, 9.17) is 10.5 Å². The van der Waals surface area contributed by atoms with Crippen molar-refractivity contribution < 1.29 is 24.2 Å². The number of hydrogen-bond acceptors (Lipinski definition) is 7. The van der Waals surface area contributed by atoms with Crippen LogP contribution in [0.25, 0.3) is 10.4 Å². The summed E-state index contributed by atoms with van der Waals surface area (Å²) in [7, 11) is 0. The van der Waals surface area contributed by atoms with Crippen LogP contribution in [-0.2, 0) is 21.7 Å². The number of aliphatic carboxylic acids is 1. The third-order valence-electron chi connectivity index (χ3n) is 6.05. The molecule has 0 saturated carbocycles. The Hall–Kier alpha value is -4.70. The molecule has 2 amide bonds. The molecular weight excluding hydrogens is 504 g/mol. The van der Waals surface area contributed by atoms with E-state index < -0.39 is 23.5 Å². The first-order chi connectivity index (χ1) is 18.3. The predicted octanol–water partition coefficient (Wildman–Crippen LogP) is 5.26. The van der Waals surface area contributed by atoms with Gasteiger partial charge in [0, 0.05) is 28.4 Å². The minimum atomic E-state index is -1.75. The van der Waals surface area contributed by atoms with Crippen LogP contribution in [-0.4, -0.2) is 28.1 Å². The number of amides is 2. The molecule has 9 nitrogen and oxygen atoms in total. The van der Waals surface area contributed by atoms with E-state index in [1.165, 1.54) is 24.3 Å². The van der Waals surface area contributed by atoms with Crippen molar-refractivity contribution in [2.24, 2.45) is 0 Å². The molecule has 0 fully saturated rings. The molecule has 5 N–H and O–H groups in total. The summed E-state index contributed by atoms with van der Waals surface area (Å²) in [6.07, 6.45) is 2.30. The van der Waals surface area contributed by atoms with Crippen LogP contribution in [0, 0.1) is 0 Å². The molecule has 2 heterocycles. The van der Waals surface area contributed by atoms with Gasteiger partial charge < -0.3 is 26.2 Å². The number of benzene rings is 2. The van der Waals surface area contributed by atoms with Crippen molar-refractivity contribution in [2.75, 3.05) is 11.1 Å². The summed E-state index contributed by atoms with van der Waals surface area (Å²) in [5.74, 6) is -1.67. The van der Waals surface area contributed by atoms with Gasteiger partial charge in [0.2, 0.25) is 0 Å². The van der Waals surface area contributed by atoms with E-state index in [0.717, 1.165) is 10.4 Å². The Labute approximate surface area is 223 Å². The number of carboxylic acids is 1. The van der Waals surface area contributed by atoms with Crippen molar-refractivity contribution in [3.05, 3.63) is 101 Å². The minimum absolute atomic E-state index is 0.0436. The van der Waals surface area contributed by atoms with Gasteiger partial charge in [0.15, 0.2) is 5.54 Å². The molecule has 194 valence electrons. The maximum Gasteiger partial charge on any atom is 0.408 e. The molecular formula is C28H26N4O5S. The number of nitrogens with zero attached hydrogens (tertiary/aromatic N) is 1. The highest BCUT2D eigenvalue weighted by Crippen LogP contribution is 2.31. The lowest BCUT2D eigenvalue weighted by Gasteiger charge is -2.29. The number of pyridine rings is 1. The SMILES string of the molecule is CCC(NC(=O)OCc1cccnc1)(C(=O)O)c1ccc(C(=O)Nc2cc(-c3cccs3)ccc2N)cc1. The molecule has 0 spiro atoms. The average Bonchev–Trinajstić information content (AvgIpc) is 3.47. The summed E-state index contributed by atoms with van der Waals surface area (Å²) in [6, 6.07) is 18.8. The van der Waals surface area contributed by atoms with Gasteiger partial charge in [-0.25, -0.2) is 9.59 Å². The third-order valence-corrected chi connectivity index (χ3v) is 6.97. The zero-order chi connectivity index (χ0) is 27.1. The topological polar surface area (TPSA) is 144 Å². The van der Waals surface area contributed by atoms with Gasteiger partial charge in [-0.15, -0.1) is 11.3 Å². The first-order valence-corrected chi connectivity index (χ1v) is 12.6. The van der Waals surface area contributed by atoms with Crippen LogP contribution in [0.2, 0.25) is 0 Å². The highest BCUT2D eigenvalue weighted by Gasteiger charge is 2.41. The summed E-state index contributed by atoms with van der Waals surface area (Å²) >= 11 is 1.58. The molecule has 0 aliphatic rings. The minimum Gasteiger partial charge on any atom is -0.479 e. The van der Waals surface area contributed by atoms with E-state index in [9.17, 15) is 19.5 Å². The maximum absolute atomic E-state index is 13.0. The molecule has 1 atom stereocenters. The summed E-state index contributed by atoms with van der Waals surface area (Å²) in [5.41, 5.74) is 7.39. The Morgan fingerprint density at radius 2 is 1.87 bits per heavy atom. The number of aromatic nitrogens is 1. The lowest BCUT2D eigenvalue weighted by Crippen LogP contribution is -2.51. The van der Waals surface area contributed by atoms with E-state index in [0.29, 0.717) is 28.1 Å². The molecule has 2 aromatic heterocycles. The lowest BCUT2D eigenvalue weighted by atomic mass is 9.86.